The molecule has 0 amide bonds. The first-order valence-electron chi connectivity index (χ1n) is 10.9. The Bertz CT molecular complexity index is 1490. The third-order valence-corrected chi connectivity index (χ3v) is 6.02. The maximum absolute atomic E-state index is 15.0. The standard InChI is InChI=1S/C25H22ClF2N5O3/c1-11(15-7-13(23(34)35)5-6-16(15)27)32-22-19(26)12(2)31-18-8-17(28)20(33-21(18)22)14-9-29-24(30-10-14)25(3,4)36/h5-11,36H,1-4H3,(H,31,32)(H,34,35). The highest BCUT2D eigenvalue weighted by Crippen LogP contribution is 2.36. The molecule has 186 valence electrons. The van der Waals surface area contributed by atoms with E-state index in [9.17, 15) is 19.4 Å². The molecule has 1 unspecified atom stereocenters. The van der Waals surface area contributed by atoms with Gasteiger partial charge in [-0.1, -0.05) is 11.6 Å². The van der Waals surface area contributed by atoms with Crippen LogP contribution in [0.4, 0.5) is 14.5 Å². The van der Waals surface area contributed by atoms with E-state index >= 15 is 4.39 Å². The van der Waals surface area contributed by atoms with Gasteiger partial charge >= 0.3 is 5.97 Å². The van der Waals surface area contributed by atoms with Crippen LogP contribution in [0.25, 0.3) is 22.3 Å². The van der Waals surface area contributed by atoms with Crippen LogP contribution in [0, 0.1) is 18.6 Å². The number of carboxylic acid groups (broad SMARTS) is 1. The number of anilines is 1. The van der Waals surface area contributed by atoms with Gasteiger partial charge in [0.25, 0.3) is 0 Å². The number of halogens is 3. The number of fused-ring (bicyclic) bond motifs is 1. The Morgan fingerprint density at radius 1 is 1.11 bits per heavy atom. The molecule has 0 saturated carbocycles. The molecule has 36 heavy (non-hydrogen) atoms. The number of carboxylic acids is 1. The smallest absolute Gasteiger partial charge is 0.335 e. The van der Waals surface area contributed by atoms with Crippen LogP contribution in [0.5, 0.6) is 0 Å². The Balaban J connectivity index is 1.83. The van der Waals surface area contributed by atoms with Crippen molar-refractivity contribution in [2.24, 2.45) is 0 Å². The van der Waals surface area contributed by atoms with E-state index in [-0.39, 0.29) is 50.0 Å². The van der Waals surface area contributed by atoms with E-state index in [4.69, 9.17) is 11.6 Å². The molecule has 3 heterocycles. The van der Waals surface area contributed by atoms with E-state index in [1.165, 1.54) is 44.4 Å². The van der Waals surface area contributed by atoms with Crippen molar-refractivity contribution in [2.45, 2.75) is 39.3 Å². The van der Waals surface area contributed by atoms with Gasteiger partial charge in [-0.2, -0.15) is 0 Å². The third kappa shape index (κ3) is 4.82. The minimum Gasteiger partial charge on any atom is -0.478 e. The van der Waals surface area contributed by atoms with Gasteiger partial charge in [0.15, 0.2) is 11.6 Å². The summed E-state index contributed by atoms with van der Waals surface area (Å²) in [5.41, 5.74) is 0.0536. The van der Waals surface area contributed by atoms with E-state index in [0.717, 1.165) is 6.07 Å². The van der Waals surface area contributed by atoms with Gasteiger partial charge in [0.05, 0.1) is 33.5 Å². The zero-order valence-electron chi connectivity index (χ0n) is 19.8. The largest absolute Gasteiger partial charge is 0.478 e. The molecule has 4 rings (SSSR count). The van der Waals surface area contributed by atoms with Crippen molar-refractivity contribution in [3.63, 3.8) is 0 Å². The van der Waals surface area contributed by atoms with Gasteiger partial charge in [-0.25, -0.2) is 33.5 Å². The van der Waals surface area contributed by atoms with E-state index in [2.05, 4.69) is 25.3 Å². The number of nitrogens with zero attached hydrogens (tertiary/aromatic N) is 4. The van der Waals surface area contributed by atoms with Crippen molar-refractivity contribution in [3.8, 4) is 11.3 Å². The Morgan fingerprint density at radius 2 is 1.78 bits per heavy atom. The molecule has 11 heteroatoms. The Labute approximate surface area is 210 Å². The first-order chi connectivity index (χ1) is 16.9. The molecule has 0 spiro atoms. The lowest BCUT2D eigenvalue weighted by Crippen LogP contribution is -2.19. The predicted molar refractivity (Wildman–Crippen MR) is 131 cm³/mol. The summed E-state index contributed by atoms with van der Waals surface area (Å²) in [5, 5.41) is 22.6. The third-order valence-electron chi connectivity index (χ3n) is 5.56. The van der Waals surface area contributed by atoms with Gasteiger partial charge < -0.3 is 15.5 Å². The molecule has 1 aromatic carbocycles. The van der Waals surface area contributed by atoms with Crippen molar-refractivity contribution < 1.29 is 23.8 Å². The summed E-state index contributed by atoms with van der Waals surface area (Å²) < 4.78 is 29.6. The van der Waals surface area contributed by atoms with Crippen molar-refractivity contribution in [2.75, 3.05) is 5.32 Å². The topological polar surface area (TPSA) is 121 Å². The predicted octanol–water partition coefficient (Wildman–Crippen LogP) is 5.43. The second-order valence-electron chi connectivity index (χ2n) is 8.83. The molecule has 0 aliphatic heterocycles. The Hall–Kier alpha value is -3.76. The number of benzene rings is 1. The summed E-state index contributed by atoms with van der Waals surface area (Å²) >= 11 is 6.54. The van der Waals surface area contributed by atoms with Gasteiger partial charge in [0.2, 0.25) is 0 Å². The Morgan fingerprint density at radius 3 is 2.39 bits per heavy atom. The minimum atomic E-state index is -1.27. The number of aromatic nitrogens is 4. The number of aliphatic hydroxyl groups is 1. The lowest BCUT2D eigenvalue weighted by molar-refractivity contribution is 0.0683. The molecule has 0 radical (unpaired) electrons. The van der Waals surface area contributed by atoms with Gasteiger partial charge in [-0.3, -0.25) is 0 Å². The summed E-state index contributed by atoms with van der Waals surface area (Å²) in [4.78, 5) is 28.3. The molecule has 8 nitrogen and oxygen atoms in total. The molecule has 0 fully saturated rings. The van der Waals surface area contributed by atoms with Crippen LogP contribution in [-0.4, -0.2) is 36.1 Å². The lowest BCUT2D eigenvalue weighted by atomic mass is 10.0. The maximum atomic E-state index is 15.0. The second-order valence-corrected chi connectivity index (χ2v) is 9.21. The normalized spacial score (nSPS) is 12.6. The SMILES string of the molecule is Cc1nc2cc(F)c(-c3cnc(C(C)(C)O)nc3)nc2c(NC(C)c2cc(C(=O)O)ccc2F)c1Cl. The number of aromatic carboxylic acids is 1. The molecule has 0 bridgehead atoms. The first-order valence-corrected chi connectivity index (χ1v) is 11.3. The van der Waals surface area contributed by atoms with Crippen LogP contribution >= 0.6 is 11.6 Å². The van der Waals surface area contributed by atoms with E-state index in [0.29, 0.717) is 5.69 Å². The molecule has 3 aromatic heterocycles. The van der Waals surface area contributed by atoms with E-state index in [1.54, 1.807) is 13.8 Å². The second kappa shape index (κ2) is 9.36. The highest BCUT2D eigenvalue weighted by atomic mass is 35.5. The molecule has 0 aliphatic carbocycles. The number of rotatable bonds is 6. The molecular formula is C25H22ClF2N5O3. The van der Waals surface area contributed by atoms with Crippen LogP contribution in [0.15, 0.2) is 36.7 Å². The number of hydrogen-bond acceptors (Lipinski definition) is 7. The van der Waals surface area contributed by atoms with Gasteiger partial charge in [0.1, 0.15) is 22.6 Å². The highest BCUT2D eigenvalue weighted by Gasteiger charge is 2.23. The van der Waals surface area contributed by atoms with Crippen LogP contribution in [0.3, 0.4) is 0 Å². The van der Waals surface area contributed by atoms with Crippen molar-refractivity contribution in [3.05, 3.63) is 76.0 Å². The maximum Gasteiger partial charge on any atom is 0.335 e. The number of nitrogens with one attached hydrogen (secondary N) is 1. The van der Waals surface area contributed by atoms with E-state index in [1.807, 2.05) is 0 Å². The van der Waals surface area contributed by atoms with Crippen molar-refractivity contribution >= 4 is 34.3 Å². The first kappa shape index (κ1) is 25.3. The van der Waals surface area contributed by atoms with Crippen molar-refractivity contribution in [1.82, 2.24) is 19.9 Å². The number of pyridine rings is 2. The van der Waals surface area contributed by atoms with Crippen LogP contribution < -0.4 is 5.32 Å². The van der Waals surface area contributed by atoms with E-state index < -0.39 is 29.2 Å². The summed E-state index contributed by atoms with van der Waals surface area (Å²) in [6.07, 6.45) is 2.70. The quantitative estimate of drug-likeness (QED) is 0.312. The fourth-order valence-electron chi connectivity index (χ4n) is 3.67. The molecule has 1 atom stereocenters. The number of carbonyl (C=O) groups is 1. The summed E-state index contributed by atoms with van der Waals surface area (Å²) in [7, 11) is 0. The molecule has 0 aliphatic rings. The molecule has 0 saturated heterocycles. The molecule has 4 aromatic rings. The molecule has 3 N–H and O–H groups in total. The molecular weight excluding hydrogens is 492 g/mol. The zero-order valence-corrected chi connectivity index (χ0v) is 20.5. The average Bonchev–Trinajstić information content (AvgIpc) is 2.81. The fraction of sp³-hybridized carbons (Fsp3) is 0.240. The summed E-state index contributed by atoms with van der Waals surface area (Å²) in [6, 6.07) is 3.97. The van der Waals surface area contributed by atoms with Gasteiger partial charge in [0, 0.05) is 29.6 Å². The summed E-state index contributed by atoms with van der Waals surface area (Å²) in [6.45, 7) is 6.33. The number of hydrogen-bond donors (Lipinski definition) is 3. The minimum absolute atomic E-state index is 0.0683. The highest BCUT2D eigenvalue weighted by molar-refractivity contribution is 6.35. The lowest BCUT2D eigenvalue weighted by Gasteiger charge is -2.20. The summed E-state index contributed by atoms with van der Waals surface area (Å²) in [5.74, 6) is -2.30. The van der Waals surface area contributed by atoms with Crippen LogP contribution in [0.2, 0.25) is 5.02 Å². The fourth-order valence-corrected chi connectivity index (χ4v) is 3.85. The zero-order chi connectivity index (χ0) is 26.4. The van der Waals surface area contributed by atoms with Gasteiger partial charge in [-0.05, 0) is 45.9 Å². The number of aryl methyl sites for hydroxylation is 1. The van der Waals surface area contributed by atoms with Gasteiger partial charge in [-0.15, -0.1) is 0 Å². The average molecular weight is 514 g/mol. The van der Waals surface area contributed by atoms with Crippen LogP contribution in [-0.2, 0) is 5.60 Å². The monoisotopic (exact) mass is 513 g/mol. The Kier molecular flexibility index (Phi) is 6.59. The van der Waals surface area contributed by atoms with Crippen LogP contribution in [0.1, 0.15) is 54.3 Å². The van der Waals surface area contributed by atoms with Crippen molar-refractivity contribution in [1.29, 1.82) is 0 Å².